The molecule has 0 radical (unpaired) electrons. The Morgan fingerprint density at radius 3 is 2.12 bits per heavy atom. The van der Waals surface area contributed by atoms with Gasteiger partial charge in [-0.25, -0.2) is 13.2 Å². The van der Waals surface area contributed by atoms with E-state index in [1.807, 2.05) is 25.3 Å². The molecule has 2 unspecified atom stereocenters. The van der Waals surface area contributed by atoms with Crippen molar-refractivity contribution in [2.24, 2.45) is 11.8 Å². The summed E-state index contributed by atoms with van der Waals surface area (Å²) in [4.78, 5) is 26.9. The minimum absolute atomic E-state index is 0.0362. The van der Waals surface area contributed by atoms with E-state index in [1.165, 1.54) is 10.7 Å². The number of nitrogens with one attached hydrogen (secondary N) is 3. The summed E-state index contributed by atoms with van der Waals surface area (Å²) in [5, 5.41) is 8.97. The molecule has 0 aliphatic heterocycles. The van der Waals surface area contributed by atoms with Crippen molar-refractivity contribution >= 4 is 45.1 Å². The quantitative estimate of drug-likeness (QED) is 0.143. The second-order valence-electron chi connectivity index (χ2n) is 14.9. The normalized spacial score (nSPS) is 15.5. The molecule has 0 spiro atoms. The minimum atomic E-state index is -3.81. The van der Waals surface area contributed by atoms with Gasteiger partial charge in [0.2, 0.25) is 5.91 Å². The molecule has 0 heterocycles. The van der Waals surface area contributed by atoms with Crippen LogP contribution in [0, 0.1) is 11.8 Å². The van der Waals surface area contributed by atoms with Crippen molar-refractivity contribution < 1.29 is 18.0 Å². The second kappa shape index (κ2) is 18.9. The Hall–Kier alpha value is -2.72. The summed E-state index contributed by atoms with van der Waals surface area (Å²) in [5.74, 6) is 1.74. The van der Waals surface area contributed by atoms with E-state index in [1.54, 1.807) is 48.2 Å². The Balaban J connectivity index is 1.72. The Bertz CT molecular complexity index is 1380. The van der Waals surface area contributed by atoms with E-state index in [4.69, 9.17) is 0 Å². The first-order chi connectivity index (χ1) is 22.7. The van der Waals surface area contributed by atoms with Crippen LogP contribution in [0.15, 0.2) is 53.4 Å². The van der Waals surface area contributed by atoms with Crippen molar-refractivity contribution in [1.82, 2.24) is 10.6 Å². The van der Waals surface area contributed by atoms with Crippen LogP contribution in [0.2, 0.25) is 0 Å². The van der Waals surface area contributed by atoms with E-state index in [9.17, 15) is 18.0 Å². The SMILES string of the molecule is CSCCCN(c1ccc(NC(=O)NC(CC2CCCCC2)C(=O)NC(C)CCCC(C)C)cc1)S(=O)(=O)c1ccc(C(C)(C)C)cc1. The lowest BCUT2D eigenvalue weighted by molar-refractivity contribution is -0.124. The zero-order chi connectivity index (χ0) is 35.3. The molecule has 2 aromatic carbocycles. The van der Waals surface area contributed by atoms with Crippen LogP contribution in [0.1, 0.15) is 111 Å². The fourth-order valence-electron chi connectivity index (χ4n) is 6.27. The maximum absolute atomic E-state index is 13.9. The molecule has 1 aliphatic rings. The third-order valence-corrected chi connectivity index (χ3v) is 11.7. The van der Waals surface area contributed by atoms with Crippen LogP contribution < -0.4 is 20.3 Å². The van der Waals surface area contributed by atoms with Gasteiger partial charge in [0.1, 0.15) is 6.04 Å². The lowest BCUT2D eigenvalue weighted by Gasteiger charge is -2.28. The van der Waals surface area contributed by atoms with Crippen LogP contribution in [0.4, 0.5) is 16.2 Å². The summed E-state index contributed by atoms with van der Waals surface area (Å²) in [6, 6.07) is 13.0. The third kappa shape index (κ3) is 12.6. The molecule has 3 N–H and O–H groups in total. The van der Waals surface area contributed by atoms with E-state index < -0.39 is 22.1 Å². The number of benzene rings is 2. The number of hydrogen-bond donors (Lipinski definition) is 3. The van der Waals surface area contributed by atoms with Crippen LogP contribution in [0.25, 0.3) is 0 Å². The third-order valence-electron chi connectivity index (χ3n) is 9.15. The molecule has 0 saturated heterocycles. The van der Waals surface area contributed by atoms with E-state index in [2.05, 4.69) is 50.6 Å². The van der Waals surface area contributed by atoms with Crippen molar-refractivity contribution in [2.75, 3.05) is 28.2 Å². The highest BCUT2D eigenvalue weighted by Crippen LogP contribution is 2.30. The first-order valence-electron chi connectivity index (χ1n) is 17.8. The van der Waals surface area contributed by atoms with E-state index in [-0.39, 0.29) is 22.3 Å². The van der Waals surface area contributed by atoms with Gasteiger partial charge in [-0.15, -0.1) is 0 Å². The molecule has 8 nitrogen and oxygen atoms in total. The molecule has 3 rings (SSSR count). The summed E-state index contributed by atoms with van der Waals surface area (Å²) in [6.45, 7) is 13.1. The smallest absolute Gasteiger partial charge is 0.319 e. The molecular formula is C38H60N4O4S2. The monoisotopic (exact) mass is 700 g/mol. The van der Waals surface area contributed by atoms with Crippen molar-refractivity contribution in [3.05, 3.63) is 54.1 Å². The minimum Gasteiger partial charge on any atom is -0.352 e. The number of amides is 3. The van der Waals surface area contributed by atoms with Crippen molar-refractivity contribution in [3.63, 3.8) is 0 Å². The molecule has 1 aliphatic carbocycles. The van der Waals surface area contributed by atoms with Gasteiger partial charge in [0.25, 0.3) is 10.0 Å². The predicted octanol–water partition coefficient (Wildman–Crippen LogP) is 8.72. The Morgan fingerprint density at radius 2 is 1.54 bits per heavy atom. The number of thioether (sulfide) groups is 1. The standard InChI is InChI=1S/C38H60N4O4S2/c1-28(2)13-11-14-29(3)39-36(43)35(27-30-15-9-8-10-16-30)41-37(44)40-32-19-21-33(22-20-32)42(25-12-26-47-7)48(45,46)34-23-17-31(18-24-34)38(4,5)6/h17-24,28-30,35H,8-16,25-27H2,1-7H3,(H,39,43)(H2,40,41,44). The number of sulfonamides is 1. The van der Waals surface area contributed by atoms with E-state index in [0.29, 0.717) is 42.6 Å². The van der Waals surface area contributed by atoms with Gasteiger partial charge >= 0.3 is 6.03 Å². The number of hydrogen-bond acceptors (Lipinski definition) is 5. The summed E-state index contributed by atoms with van der Waals surface area (Å²) in [7, 11) is -3.81. The lowest BCUT2D eigenvalue weighted by atomic mass is 9.84. The number of urea groups is 1. The van der Waals surface area contributed by atoms with Gasteiger partial charge in [0.05, 0.1) is 10.6 Å². The lowest BCUT2D eigenvalue weighted by Crippen LogP contribution is -2.51. The molecule has 0 bridgehead atoms. The highest BCUT2D eigenvalue weighted by molar-refractivity contribution is 7.98. The Kier molecular flexibility index (Phi) is 15.6. The highest BCUT2D eigenvalue weighted by atomic mass is 32.2. The van der Waals surface area contributed by atoms with Crippen LogP contribution in [0.5, 0.6) is 0 Å². The number of carbonyl (C=O) groups excluding carboxylic acids is 2. The van der Waals surface area contributed by atoms with Crippen LogP contribution in [-0.2, 0) is 20.2 Å². The van der Waals surface area contributed by atoms with Gasteiger partial charge in [-0.2, -0.15) is 11.8 Å². The molecule has 3 amide bonds. The molecule has 2 aromatic rings. The van der Waals surface area contributed by atoms with Crippen LogP contribution in [-0.4, -0.2) is 51.0 Å². The summed E-state index contributed by atoms with van der Waals surface area (Å²) in [6.07, 6.45) is 12.1. The Labute approximate surface area is 295 Å². The average molecular weight is 701 g/mol. The summed E-state index contributed by atoms with van der Waals surface area (Å²) in [5.41, 5.74) is 2.04. The maximum Gasteiger partial charge on any atom is 0.319 e. The topological polar surface area (TPSA) is 108 Å². The molecule has 48 heavy (non-hydrogen) atoms. The number of carbonyl (C=O) groups is 2. The number of rotatable bonds is 17. The van der Waals surface area contributed by atoms with Gasteiger partial charge in [0, 0.05) is 18.3 Å². The van der Waals surface area contributed by atoms with Gasteiger partial charge in [0.15, 0.2) is 0 Å². The second-order valence-corrected chi connectivity index (χ2v) is 17.7. The zero-order valence-electron chi connectivity index (χ0n) is 30.3. The fourth-order valence-corrected chi connectivity index (χ4v) is 8.19. The molecule has 268 valence electrons. The molecular weight excluding hydrogens is 641 g/mol. The molecule has 10 heteroatoms. The summed E-state index contributed by atoms with van der Waals surface area (Å²) < 4.78 is 29.2. The van der Waals surface area contributed by atoms with Crippen molar-refractivity contribution in [2.45, 2.75) is 128 Å². The Morgan fingerprint density at radius 1 is 0.896 bits per heavy atom. The highest BCUT2D eigenvalue weighted by Gasteiger charge is 2.28. The number of nitrogens with zero attached hydrogens (tertiary/aromatic N) is 1. The molecule has 1 fully saturated rings. The molecule has 0 aromatic heterocycles. The molecule has 2 atom stereocenters. The largest absolute Gasteiger partial charge is 0.352 e. The maximum atomic E-state index is 13.9. The zero-order valence-corrected chi connectivity index (χ0v) is 31.9. The van der Waals surface area contributed by atoms with E-state index in [0.717, 1.165) is 56.3 Å². The van der Waals surface area contributed by atoms with Gasteiger partial charge in [-0.05, 0) is 97.4 Å². The van der Waals surface area contributed by atoms with Crippen LogP contribution in [0.3, 0.4) is 0 Å². The first kappa shape index (κ1) is 39.7. The predicted molar refractivity (Wildman–Crippen MR) is 203 cm³/mol. The fraction of sp³-hybridized carbons (Fsp3) is 0.632. The first-order valence-corrected chi connectivity index (χ1v) is 20.6. The van der Waals surface area contributed by atoms with Crippen molar-refractivity contribution in [1.29, 1.82) is 0 Å². The van der Waals surface area contributed by atoms with Gasteiger partial charge in [-0.1, -0.05) is 91.7 Å². The van der Waals surface area contributed by atoms with Crippen molar-refractivity contribution in [3.8, 4) is 0 Å². The van der Waals surface area contributed by atoms with Gasteiger partial charge < -0.3 is 16.0 Å². The number of anilines is 2. The summed E-state index contributed by atoms with van der Waals surface area (Å²) >= 11 is 1.68. The molecule has 1 saturated carbocycles. The van der Waals surface area contributed by atoms with Gasteiger partial charge in [-0.3, -0.25) is 9.10 Å². The van der Waals surface area contributed by atoms with E-state index >= 15 is 0 Å². The average Bonchev–Trinajstić information content (AvgIpc) is 3.03. The van der Waals surface area contributed by atoms with Crippen LogP contribution >= 0.6 is 11.8 Å².